The van der Waals surface area contributed by atoms with Crippen molar-refractivity contribution in [3.05, 3.63) is 70.7 Å². The van der Waals surface area contributed by atoms with Crippen LogP contribution in [0.15, 0.2) is 52.9 Å². The van der Waals surface area contributed by atoms with E-state index in [-0.39, 0.29) is 29.9 Å². The maximum atomic E-state index is 13.8. The fourth-order valence-electron chi connectivity index (χ4n) is 3.34. The van der Waals surface area contributed by atoms with E-state index in [1.807, 2.05) is 6.07 Å². The van der Waals surface area contributed by atoms with E-state index >= 15 is 0 Å². The monoisotopic (exact) mass is 412 g/mol. The minimum Gasteiger partial charge on any atom is -0.450 e. The number of rotatable bonds is 3. The molecule has 2 aromatic carbocycles. The molecule has 1 aliphatic rings. The van der Waals surface area contributed by atoms with E-state index in [2.05, 4.69) is 5.32 Å². The zero-order valence-electron chi connectivity index (χ0n) is 15.7. The van der Waals surface area contributed by atoms with E-state index in [0.717, 1.165) is 5.56 Å². The molecule has 1 saturated heterocycles. The van der Waals surface area contributed by atoms with E-state index in [1.54, 1.807) is 43.3 Å². The lowest BCUT2D eigenvalue weighted by molar-refractivity contribution is -0.123. The number of aryl methyl sites for hydroxylation is 1. The number of benzene rings is 2. The van der Waals surface area contributed by atoms with Crippen molar-refractivity contribution in [2.24, 2.45) is 0 Å². The van der Waals surface area contributed by atoms with E-state index in [9.17, 15) is 14.0 Å². The molecule has 0 radical (unpaired) electrons. The van der Waals surface area contributed by atoms with Crippen LogP contribution in [-0.4, -0.2) is 36.3 Å². The normalized spacial score (nSPS) is 14.0. The van der Waals surface area contributed by atoms with Crippen molar-refractivity contribution in [1.29, 1.82) is 0 Å². The molecule has 148 valence electrons. The molecule has 5 nitrogen and oxygen atoms in total. The number of piperazine rings is 1. The molecule has 0 bridgehead atoms. The minimum atomic E-state index is -0.367. The number of hydrogen-bond donors (Lipinski definition) is 1. The Morgan fingerprint density at radius 2 is 2.00 bits per heavy atom. The average Bonchev–Trinajstić information content (AvgIpc) is 3.15. The van der Waals surface area contributed by atoms with Crippen LogP contribution >= 0.6 is 11.6 Å². The van der Waals surface area contributed by atoms with Gasteiger partial charge in [-0.3, -0.25) is 9.59 Å². The first-order valence-electron chi connectivity index (χ1n) is 9.14. The largest absolute Gasteiger partial charge is 0.450 e. The summed E-state index contributed by atoms with van der Waals surface area (Å²) in [4.78, 5) is 26.0. The Balaban J connectivity index is 1.81. The van der Waals surface area contributed by atoms with Gasteiger partial charge in [0.15, 0.2) is 5.76 Å². The summed E-state index contributed by atoms with van der Waals surface area (Å²) >= 11 is 6.15. The van der Waals surface area contributed by atoms with Gasteiger partial charge in [0, 0.05) is 29.2 Å². The molecule has 3 aromatic rings. The van der Waals surface area contributed by atoms with Crippen molar-refractivity contribution in [3.63, 3.8) is 0 Å². The Bertz CT molecular complexity index is 1110. The predicted molar refractivity (Wildman–Crippen MR) is 108 cm³/mol. The van der Waals surface area contributed by atoms with Crippen molar-refractivity contribution < 1.29 is 18.4 Å². The molecule has 1 fully saturated rings. The van der Waals surface area contributed by atoms with Crippen LogP contribution in [0.3, 0.4) is 0 Å². The number of carbonyl (C=O) groups is 2. The topological polar surface area (TPSA) is 62.6 Å². The van der Waals surface area contributed by atoms with Crippen molar-refractivity contribution in [2.45, 2.75) is 6.92 Å². The molecule has 29 heavy (non-hydrogen) atoms. The minimum absolute atomic E-state index is 0.0168. The molecule has 4 rings (SSSR count). The van der Waals surface area contributed by atoms with Crippen LogP contribution in [0.1, 0.15) is 16.1 Å². The highest BCUT2D eigenvalue weighted by Gasteiger charge is 2.27. The molecule has 1 aromatic heterocycles. The van der Waals surface area contributed by atoms with Crippen LogP contribution < -0.4 is 5.32 Å². The number of nitrogens with one attached hydrogen (secondary N) is 1. The maximum absolute atomic E-state index is 13.8. The molecular formula is C22H18ClFN2O3. The van der Waals surface area contributed by atoms with Gasteiger partial charge in [0.1, 0.15) is 18.1 Å². The maximum Gasteiger partial charge on any atom is 0.290 e. The van der Waals surface area contributed by atoms with Gasteiger partial charge in [0.05, 0.1) is 0 Å². The molecule has 0 atom stereocenters. The highest BCUT2D eigenvalue weighted by molar-refractivity contribution is 6.30. The summed E-state index contributed by atoms with van der Waals surface area (Å²) in [5.41, 5.74) is 2.56. The molecule has 1 aliphatic heterocycles. The van der Waals surface area contributed by atoms with Crippen molar-refractivity contribution >= 4 is 23.4 Å². The average molecular weight is 413 g/mol. The molecule has 2 amide bonds. The molecule has 0 saturated carbocycles. The Morgan fingerprint density at radius 3 is 2.72 bits per heavy atom. The molecular weight excluding hydrogens is 395 g/mol. The lowest BCUT2D eigenvalue weighted by Crippen LogP contribution is -2.49. The second kappa shape index (κ2) is 7.72. The summed E-state index contributed by atoms with van der Waals surface area (Å²) in [6.45, 7) is 2.45. The van der Waals surface area contributed by atoms with Crippen LogP contribution in [0.25, 0.3) is 22.5 Å². The summed E-state index contributed by atoms with van der Waals surface area (Å²) in [6, 6.07) is 13.5. The Labute approximate surface area is 172 Å². The molecule has 0 spiro atoms. The zero-order valence-corrected chi connectivity index (χ0v) is 16.4. The fraction of sp³-hybridized carbons (Fsp3) is 0.182. The van der Waals surface area contributed by atoms with Crippen LogP contribution in [-0.2, 0) is 4.79 Å². The number of amides is 2. The van der Waals surface area contributed by atoms with Gasteiger partial charge in [-0.15, -0.1) is 0 Å². The van der Waals surface area contributed by atoms with Crippen LogP contribution in [0.4, 0.5) is 4.39 Å². The van der Waals surface area contributed by atoms with Gasteiger partial charge in [-0.05, 0) is 54.4 Å². The van der Waals surface area contributed by atoms with Crippen LogP contribution in [0.2, 0.25) is 5.02 Å². The first-order chi connectivity index (χ1) is 13.9. The van der Waals surface area contributed by atoms with Gasteiger partial charge in [-0.2, -0.15) is 0 Å². The fourth-order valence-corrected chi connectivity index (χ4v) is 3.53. The summed E-state index contributed by atoms with van der Waals surface area (Å²) in [6.07, 6.45) is 0. The predicted octanol–water partition coefficient (Wildman–Crippen LogP) is 4.29. The molecule has 1 N–H and O–H groups in total. The molecule has 2 heterocycles. The Kier molecular flexibility index (Phi) is 5.11. The highest BCUT2D eigenvalue weighted by Crippen LogP contribution is 2.37. The van der Waals surface area contributed by atoms with Gasteiger partial charge < -0.3 is 14.6 Å². The smallest absolute Gasteiger partial charge is 0.290 e. The second-order valence-electron chi connectivity index (χ2n) is 6.90. The van der Waals surface area contributed by atoms with Gasteiger partial charge in [-0.1, -0.05) is 23.7 Å². The van der Waals surface area contributed by atoms with Gasteiger partial charge >= 0.3 is 0 Å². The number of halogens is 2. The van der Waals surface area contributed by atoms with E-state index < -0.39 is 0 Å². The van der Waals surface area contributed by atoms with E-state index in [4.69, 9.17) is 16.0 Å². The first-order valence-corrected chi connectivity index (χ1v) is 9.52. The van der Waals surface area contributed by atoms with E-state index in [0.29, 0.717) is 40.6 Å². The third-order valence-corrected chi connectivity index (χ3v) is 5.06. The number of carbonyl (C=O) groups excluding carboxylic acids is 2. The van der Waals surface area contributed by atoms with Crippen LogP contribution in [0.5, 0.6) is 0 Å². The summed E-state index contributed by atoms with van der Waals surface area (Å²) < 4.78 is 19.7. The van der Waals surface area contributed by atoms with Crippen molar-refractivity contribution in [1.82, 2.24) is 10.2 Å². The third-order valence-electron chi connectivity index (χ3n) is 4.82. The summed E-state index contributed by atoms with van der Waals surface area (Å²) in [5, 5.41) is 3.24. The molecule has 7 heteroatoms. The number of furan rings is 1. The van der Waals surface area contributed by atoms with Crippen LogP contribution in [0, 0.1) is 12.7 Å². The lowest BCUT2D eigenvalue weighted by Gasteiger charge is -2.25. The molecule has 0 aliphatic carbocycles. The number of hydrogen-bond acceptors (Lipinski definition) is 3. The first kappa shape index (κ1) is 19.2. The lowest BCUT2D eigenvalue weighted by atomic mass is 10.0. The van der Waals surface area contributed by atoms with E-state index in [1.165, 1.54) is 11.0 Å². The number of nitrogens with zero attached hydrogens (tertiary/aromatic N) is 1. The third kappa shape index (κ3) is 3.89. The quantitative estimate of drug-likeness (QED) is 0.698. The SMILES string of the molecule is Cc1cc(-c2oc(C(=O)N3CCNC(=O)C3)cc2-c2cccc(Cl)c2)ccc1F. The summed E-state index contributed by atoms with van der Waals surface area (Å²) in [7, 11) is 0. The van der Waals surface area contributed by atoms with Gasteiger partial charge in [0.25, 0.3) is 5.91 Å². The Morgan fingerprint density at radius 1 is 1.17 bits per heavy atom. The van der Waals surface area contributed by atoms with Gasteiger partial charge in [-0.25, -0.2) is 4.39 Å². The van der Waals surface area contributed by atoms with Crippen molar-refractivity contribution in [3.8, 4) is 22.5 Å². The second-order valence-corrected chi connectivity index (χ2v) is 7.34. The van der Waals surface area contributed by atoms with Gasteiger partial charge in [0.2, 0.25) is 5.91 Å². The molecule has 0 unspecified atom stereocenters. The zero-order chi connectivity index (χ0) is 20.5. The highest BCUT2D eigenvalue weighted by atomic mass is 35.5. The van der Waals surface area contributed by atoms with Crippen molar-refractivity contribution in [2.75, 3.05) is 19.6 Å². The summed E-state index contributed by atoms with van der Waals surface area (Å²) in [5.74, 6) is -0.333. The Hall–Kier alpha value is -3.12. The standard InChI is InChI=1S/C22H18ClFN2O3/c1-13-9-15(5-6-18(13)24)21-17(14-3-2-4-16(23)10-14)11-19(29-21)22(28)26-8-7-25-20(27)12-26/h2-6,9-11H,7-8,12H2,1H3,(H,25,27).